The Hall–Kier alpha value is 0.200. The van der Waals surface area contributed by atoms with Crippen LogP contribution in [0.4, 0.5) is 0 Å². The first-order chi connectivity index (χ1) is 7.16. The van der Waals surface area contributed by atoms with Crippen LogP contribution in [0.5, 0.6) is 0 Å². The molecule has 1 nitrogen and oxygen atoms in total. The van der Waals surface area contributed by atoms with E-state index in [1.807, 2.05) is 18.2 Å². The molecular weight excluding hydrogens is 320 g/mol. The molecule has 0 heterocycles. The molecule has 2 rings (SSSR count). The van der Waals surface area contributed by atoms with Crippen molar-refractivity contribution in [1.29, 1.82) is 0 Å². The third-order valence-corrected chi connectivity index (χ3v) is 4.39. The zero-order valence-electron chi connectivity index (χ0n) is 8.55. The molecule has 1 aromatic rings. The number of nitrogens with two attached hydrogens (primary N) is 1. The maximum absolute atomic E-state index is 6.21. The van der Waals surface area contributed by atoms with Gasteiger partial charge in [-0.2, -0.15) is 0 Å². The Morgan fingerprint density at radius 1 is 1.47 bits per heavy atom. The molecule has 1 aliphatic carbocycles. The molecule has 1 fully saturated rings. The van der Waals surface area contributed by atoms with Gasteiger partial charge in [0, 0.05) is 14.6 Å². The summed E-state index contributed by atoms with van der Waals surface area (Å²) in [6.07, 6.45) is 5.19. The van der Waals surface area contributed by atoms with Crippen LogP contribution in [0.1, 0.15) is 37.3 Å². The largest absolute Gasteiger partial charge is 0.324 e. The van der Waals surface area contributed by atoms with Gasteiger partial charge in [-0.25, -0.2) is 0 Å². The van der Waals surface area contributed by atoms with Gasteiger partial charge in [-0.1, -0.05) is 30.9 Å². The Labute approximate surface area is 110 Å². The lowest BCUT2D eigenvalue weighted by Crippen LogP contribution is -2.20. The number of rotatable bonds is 3. The summed E-state index contributed by atoms with van der Waals surface area (Å²) in [5.41, 5.74) is 7.42. The van der Waals surface area contributed by atoms with E-state index in [0.29, 0.717) is 0 Å². The van der Waals surface area contributed by atoms with E-state index in [4.69, 9.17) is 17.3 Å². The first-order valence-electron chi connectivity index (χ1n) is 5.37. The molecule has 0 saturated heterocycles. The summed E-state index contributed by atoms with van der Waals surface area (Å²) in [5.74, 6) is 0.842. The lowest BCUT2D eigenvalue weighted by atomic mass is 9.80. The quantitative estimate of drug-likeness (QED) is 0.826. The average molecular weight is 336 g/mol. The van der Waals surface area contributed by atoms with E-state index in [0.717, 1.165) is 17.4 Å². The number of halogens is 2. The minimum atomic E-state index is 0.154. The third kappa shape index (κ3) is 2.86. The summed E-state index contributed by atoms with van der Waals surface area (Å²) in [4.78, 5) is 0. The van der Waals surface area contributed by atoms with Gasteiger partial charge in [0.25, 0.3) is 0 Å². The van der Waals surface area contributed by atoms with E-state index < -0.39 is 0 Å². The summed E-state index contributed by atoms with van der Waals surface area (Å²) >= 11 is 8.32. The van der Waals surface area contributed by atoms with Crippen LogP contribution in [0.25, 0.3) is 0 Å². The maximum atomic E-state index is 6.21. The van der Waals surface area contributed by atoms with E-state index in [9.17, 15) is 0 Å². The van der Waals surface area contributed by atoms with E-state index in [1.54, 1.807) is 0 Å². The van der Waals surface area contributed by atoms with Crippen molar-refractivity contribution < 1.29 is 0 Å². The summed E-state index contributed by atoms with van der Waals surface area (Å²) < 4.78 is 1.23. The van der Waals surface area contributed by atoms with Crippen molar-refractivity contribution >= 4 is 34.2 Å². The highest BCUT2D eigenvalue weighted by molar-refractivity contribution is 14.1. The number of hydrogen-bond donors (Lipinski definition) is 1. The topological polar surface area (TPSA) is 26.0 Å². The average Bonchev–Trinajstić information content (AvgIpc) is 2.15. The first-order valence-corrected chi connectivity index (χ1v) is 6.83. The highest BCUT2D eigenvalue weighted by Crippen LogP contribution is 2.35. The van der Waals surface area contributed by atoms with Crippen LogP contribution in [0, 0.1) is 9.49 Å². The van der Waals surface area contributed by atoms with Gasteiger partial charge in [-0.3, -0.25) is 0 Å². The van der Waals surface area contributed by atoms with Crippen LogP contribution >= 0.6 is 34.2 Å². The lowest BCUT2D eigenvalue weighted by Gasteiger charge is -2.28. The second-order valence-corrected chi connectivity index (χ2v) is 5.90. The second-order valence-electron chi connectivity index (χ2n) is 4.30. The molecule has 1 unspecified atom stereocenters. The van der Waals surface area contributed by atoms with E-state index >= 15 is 0 Å². The summed E-state index contributed by atoms with van der Waals surface area (Å²) in [6, 6.07) is 6.12. The molecule has 0 radical (unpaired) electrons. The fourth-order valence-electron chi connectivity index (χ4n) is 2.01. The van der Waals surface area contributed by atoms with Crippen LogP contribution in [-0.4, -0.2) is 0 Å². The maximum Gasteiger partial charge on any atom is 0.0410 e. The standard InChI is InChI=1S/C12H15ClIN/c13-9-4-5-11(14)10(7-9)12(15)6-8-2-1-3-8/h4-5,7-8,12H,1-3,6,15H2. The van der Waals surface area contributed by atoms with Gasteiger partial charge >= 0.3 is 0 Å². The van der Waals surface area contributed by atoms with Crippen molar-refractivity contribution in [3.05, 3.63) is 32.4 Å². The van der Waals surface area contributed by atoms with Crippen molar-refractivity contribution in [1.82, 2.24) is 0 Å². The van der Waals surface area contributed by atoms with Gasteiger partial charge in [0.15, 0.2) is 0 Å². The van der Waals surface area contributed by atoms with Gasteiger partial charge in [0.2, 0.25) is 0 Å². The Bertz CT molecular complexity index is 349. The Kier molecular flexibility index (Phi) is 3.91. The predicted molar refractivity (Wildman–Crippen MR) is 73.1 cm³/mol. The molecule has 82 valence electrons. The van der Waals surface area contributed by atoms with E-state index in [-0.39, 0.29) is 6.04 Å². The highest BCUT2D eigenvalue weighted by atomic mass is 127. The summed E-state index contributed by atoms with van der Waals surface area (Å²) in [7, 11) is 0. The Morgan fingerprint density at radius 2 is 2.20 bits per heavy atom. The van der Waals surface area contributed by atoms with Gasteiger partial charge in [-0.15, -0.1) is 0 Å². The predicted octanol–water partition coefficient (Wildman–Crippen LogP) is 4.13. The fourth-order valence-corrected chi connectivity index (χ4v) is 2.93. The monoisotopic (exact) mass is 335 g/mol. The molecular formula is C12H15ClIN. The fraction of sp³-hybridized carbons (Fsp3) is 0.500. The van der Waals surface area contributed by atoms with Gasteiger partial charge in [0.05, 0.1) is 0 Å². The second kappa shape index (κ2) is 5.02. The first kappa shape index (κ1) is 11.7. The minimum Gasteiger partial charge on any atom is -0.324 e. The molecule has 1 saturated carbocycles. The van der Waals surface area contributed by atoms with Crippen molar-refractivity contribution in [2.45, 2.75) is 31.7 Å². The van der Waals surface area contributed by atoms with Gasteiger partial charge < -0.3 is 5.73 Å². The Balaban J connectivity index is 2.09. The van der Waals surface area contributed by atoms with Crippen LogP contribution in [0.15, 0.2) is 18.2 Å². The number of benzene rings is 1. The third-order valence-electron chi connectivity index (χ3n) is 3.17. The molecule has 15 heavy (non-hydrogen) atoms. The van der Waals surface area contributed by atoms with Crippen LogP contribution in [0.3, 0.4) is 0 Å². The van der Waals surface area contributed by atoms with Crippen LogP contribution < -0.4 is 5.73 Å². The molecule has 0 spiro atoms. The smallest absolute Gasteiger partial charge is 0.0410 e. The van der Waals surface area contributed by atoms with Crippen molar-refractivity contribution in [3.8, 4) is 0 Å². The van der Waals surface area contributed by atoms with Crippen LogP contribution in [0.2, 0.25) is 5.02 Å². The summed E-state index contributed by atoms with van der Waals surface area (Å²) in [5, 5.41) is 0.787. The van der Waals surface area contributed by atoms with Crippen molar-refractivity contribution in [2.24, 2.45) is 11.7 Å². The number of hydrogen-bond acceptors (Lipinski definition) is 1. The molecule has 3 heteroatoms. The normalized spacial score (nSPS) is 18.6. The van der Waals surface area contributed by atoms with E-state index in [2.05, 4.69) is 22.6 Å². The lowest BCUT2D eigenvalue weighted by molar-refractivity contribution is 0.277. The zero-order valence-corrected chi connectivity index (χ0v) is 11.5. The molecule has 1 aliphatic rings. The summed E-state index contributed by atoms with van der Waals surface area (Å²) in [6.45, 7) is 0. The molecule has 0 amide bonds. The highest BCUT2D eigenvalue weighted by Gasteiger charge is 2.22. The minimum absolute atomic E-state index is 0.154. The molecule has 0 aromatic heterocycles. The Morgan fingerprint density at radius 3 is 2.80 bits per heavy atom. The zero-order chi connectivity index (χ0) is 10.8. The SMILES string of the molecule is NC(CC1CCC1)c1cc(Cl)ccc1I. The molecule has 1 aromatic carbocycles. The van der Waals surface area contributed by atoms with Crippen LogP contribution in [-0.2, 0) is 0 Å². The van der Waals surface area contributed by atoms with Crippen molar-refractivity contribution in [2.75, 3.05) is 0 Å². The van der Waals surface area contributed by atoms with Crippen molar-refractivity contribution in [3.63, 3.8) is 0 Å². The van der Waals surface area contributed by atoms with E-state index in [1.165, 1.54) is 28.4 Å². The molecule has 0 aliphatic heterocycles. The molecule has 0 bridgehead atoms. The molecule has 1 atom stereocenters. The molecule has 2 N–H and O–H groups in total. The van der Waals surface area contributed by atoms with Gasteiger partial charge in [-0.05, 0) is 58.7 Å². The van der Waals surface area contributed by atoms with Gasteiger partial charge in [0.1, 0.15) is 0 Å².